The van der Waals surface area contributed by atoms with Gasteiger partial charge in [-0.1, -0.05) is 0 Å². The van der Waals surface area contributed by atoms with Gasteiger partial charge in [-0.25, -0.2) is 0 Å². The molecule has 0 aromatic rings. The quantitative estimate of drug-likeness (QED) is 0.688. The van der Waals surface area contributed by atoms with Crippen molar-refractivity contribution < 1.29 is 9.47 Å². The molecule has 1 aliphatic heterocycles. The van der Waals surface area contributed by atoms with Crippen molar-refractivity contribution in [3.05, 3.63) is 0 Å². The third-order valence-corrected chi connectivity index (χ3v) is 4.06. The lowest BCUT2D eigenvalue weighted by Gasteiger charge is -2.32. The Bertz CT molecular complexity index is 261. The van der Waals surface area contributed by atoms with Gasteiger partial charge in [0, 0.05) is 37.7 Å². The summed E-state index contributed by atoms with van der Waals surface area (Å²) in [4.78, 5) is 2.39. The standard InChI is InChI=1S/C15H30N2O2/c1-13(2)19-9-7-17(3)11-15(6-8-18-12-15)10-16-14-4-5-14/h13-14,16H,4-12H2,1-3H3. The maximum absolute atomic E-state index is 5.66. The molecule has 4 heteroatoms. The normalized spacial score (nSPS) is 27.6. The molecule has 1 aliphatic carbocycles. The molecule has 0 aromatic carbocycles. The van der Waals surface area contributed by atoms with E-state index in [0.717, 1.165) is 45.5 Å². The molecule has 2 aliphatic rings. The minimum absolute atomic E-state index is 0.315. The maximum atomic E-state index is 5.66. The summed E-state index contributed by atoms with van der Waals surface area (Å²) in [5.74, 6) is 0. The van der Waals surface area contributed by atoms with Gasteiger partial charge in [-0.05, 0) is 40.2 Å². The van der Waals surface area contributed by atoms with E-state index >= 15 is 0 Å². The van der Waals surface area contributed by atoms with Crippen molar-refractivity contribution in [2.45, 2.75) is 45.3 Å². The molecule has 1 saturated carbocycles. The van der Waals surface area contributed by atoms with Crippen LogP contribution in [-0.4, -0.2) is 63.5 Å². The van der Waals surface area contributed by atoms with E-state index in [1.54, 1.807) is 0 Å². The molecule has 0 radical (unpaired) electrons. The highest BCUT2D eigenvalue weighted by molar-refractivity contribution is 4.91. The molecule has 0 bridgehead atoms. The molecule has 112 valence electrons. The van der Waals surface area contributed by atoms with Crippen LogP contribution in [0.5, 0.6) is 0 Å². The molecule has 0 amide bonds. The van der Waals surface area contributed by atoms with Crippen LogP contribution in [0.1, 0.15) is 33.1 Å². The first kappa shape index (κ1) is 15.2. The van der Waals surface area contributed by atoms with Gasteiger partial charge in [-0.15, -0.1) is 0 Å². The van der Waals surface area contributed by atoms with Crippen molar-refractivity contribution in [2.75, 3.05) is 46.5 Å². The van der Waals surface area contributed by atoms with Crippen LogP contribution in [0.25, 0.3) is 0 Å². The summed E-state index contributed by atoms with van der Waals surface area (Å²) in [5, 5.41) is 3.68. The minimum Gasteiger partial charge on any atom is -0.381 e. The summed E-state index contributed by atoms with van der Waals surface area (Å²) in [5.41, 5.74) is 0.315. The molecule has 2 rings (SSSR count). The lowest BCUT2D eigenvalue weighted by molar-refractivity contribution is 0.0512. The molecule has 0 spiro atoms. The highest BCUT2D eigenvalue weighted by atomic mass is 16.5. The third kappa shape index (κ3) is 5.38. The number of nitrogens with zero attached hydrogens (tertiary/aromatic N) is 1. The van der Waals surface area contributed by atoms with E-state index in [-0.39, 0.29) is 0 Å². The summed E-state index contributed by atoms with van der Waals surface area (Å²) < 4.78 is 11.3. The van der Waals surface area contributed by atoms with E-state index < -0.39 is 0 Å². The molecule has 4 nitrogen and oxygen atoms in total. The summed E-state index contributed by atoms with van der Waals surface area (Å²) in [6.07, 6.45) is 4.22. The second kappa shape index (κ2) is 7.02. The first-order valence-corrected chi connectivity index (χ1v) is 7.71. The molecule has 2 fully saturated rings. The molecule has 0 aromatic heterocycles. The van der Waals surface area contributed by atoms with Crippen molar-refractivity contribution in [3.63, 3.8) is 0 Å². The Morgan fingerprint density at radius 2 is 2.21 bits per heavy atom. The van der Waals surface area contributed by atoms with E-state index in [1.165, 1.54) is 19.3 Å². The summed E-state index contributed by atoms with van der Waals surface area (Å²) in [7, 11) is 2.20. The molecule has 19 heavy (non-hydrogen) atoms. The molecule has 1 saturated heterocycles. The van der Waals surface area contributed by atoms with E-state index in [4.69, 9.17) is 9.47 Å². The van der Waals surface area contributed by atoms with Gasteiger partial charge in [-0.2, -0.15) is 0 Å². The van der Waals surface area contributed by atoms with Crippen LogP contribution in [0.4, 0.5) is 0 Å². The molecular formula is C15H30N2O2. The molecular weight excluding hydrogens is 240 g/mol. The van der Waals surface area contributed by atoms with Crippen molar-refractivity contribution >= 4 is 0 Å². The van der Waals surface area contributed by atoms with Crippen LogP contribution in [0.2, 0.25) is 0 Å². The van der Waals surface area contributed by atoms with Gasteiger partial charge in [0.1, 0.15) is 0 Å². The van der Waals surface area contributed by atoms with Crippen molar-refractivity contribution in [1.82, 2.24) is 10.2 Å². The fourth-order valence-corrected chi connectivity index (χ4v) is 2.71. The summed E-state index contributed by atoms with van der Waals surface area (Å²) in [6.45, 7) is 10.0. The van der Waals surface area contributed by atoms with Crippen LogP contribution >= 0.6 is 0 Å². The zero-order valence-electron chi connectivity index (χ0n) is 12.8. The van der Waals surface area contributed by atoms with Crippen LogP contribution in [-0.2, 0) is 9.47 Å². The Morgan fingerprint density at radius 3 is 2.79 bits per heavy atom. The van der Waals surface area contributed by atoms with Gasteiger partial charge < -0.3 is 19.7 Å². The van der Waals surface area contributed by atoms with Gasteiger partial charge in [0.25, 0.3) is 0 Å². The van der Waals surface area contributed by atoms with Crippen molar-refractivity contribution in [1.29, 1.82) is 0 Å². The first-order chi connectivity index (χ1) is 9.10. The number of likely N-dealkylation sites (N-methyl/N-ethyl adjacent to an activating group) is 1. The zero-order chi connectivity index (χ0) is 13.7. The van der Waals surface area contributed by atoms with Crippen LogP contribution in [0, 0.1) is 5.41 Å². The number of nitrogens with one attached hydrogen (secondary N) is 1. The Kier molecular flexibility index (Phi) is 5.63. The van der Waals surface area contributed by atoms with E-state index in [0.29, 0.717) is 11.5 Å². The van der Waals surface area contributed by atoms with Crippen molar-refractivity contribution in [3.8, 4) is 0 Å². The fourth-order valence-electron chi connectivity index (χ4n) is 2.71. The van der Waals surface area contributed by atoms with Crippen molar-refractivity contribution in [2.24, 2.45) is 5.41 Å². The summed E-state index contributed by atoms with van der Waals surface area (Å²) in [6, 6.07) is 0.784. The Labute approximate surface area is 117 Å². The number of rotatable bonds is 9. The molecule has 1 unspecified atom stereocenters. The molecule has 1 N–H and O–H groups in total. The van der Waals surface area contributed by atoms with Crippen LogP contribution < -0.4 is 5.32 Å². The lowest BCUT2D eigenvalue weighted by Crippen LogP contribution is -2.45. The van der Waals surface area contributed by atoms with Gasteiger partial charge in [0.15, 0.2) is 0 Å². The van der Waals surface area contributed by atoms with Gasteiger partial charge in [0.05, 0.1) is 19.3 Å². The van der Waals surface area contributed by atoms with Gasteiger partial charge in [0.2, 0.25) is 0 Å². The Hall–Kier alpha value is -0.160. The predicted octanol–water partition coefficient (Wildman–Crippen LogP) is 1.50. The number of ether oxygens (including phenoxy) is 2. The average Bonchev–Trinajstić information content (AvgIpc) is 3.07. The monoisotopic (exact) mass is 270 g/mol. The van der Waals surface area contributed by atoms with Crippen LogP contribution in [0.15, 0.2) is 0 Å². The topological polar surface area (TPSA) is 33.7 Å². The molecule has 1 atom stereocenters. The smallest absolute Gasteiger partial charge is 0.0596 e. The summed E-state index contributed by atoms with van der Waals surface area (Å²) >= 11 is 0. The first-order valence-electron chi connectivity index (χ1n) is 7.71. The molecule has 1 heterocycles. The predicted molar refractivity (Wildman–Crippen MR) is 77.5 cm³/mol. The SMILES string of the molecule is CC(C)OCCN(C)CC1(CNC2CC2)CCOC1. The lowest BCUT2D eigenvalue weighted by atomic mass is 9.86. The van der Waals surface area contributed by atoms with Gasteiger partial charge in [-0.3, -0.25) is 0 Å². The Morgan fingerprint density at radius 1 is 1.42 bits per heavy atom. The van der Waals surface area contributed by atoms with E-state index in [1.807, 2.05) is 0 Å². The van der Waals surface area contributed by atoms with Crippen LogP contribution in [0.3, 0.4) is 0 Å². The van der Waals surface area contributed by atoms with E-state index in [9.17, 15) is 0 Å². The Balaban J connectivity index is 1.71. The number of hydrogen-bond acceptors (Lipinski definition) is 4. The maximum Gasteiger partial charge on any atom is 0.0596 e. The number of hydrogen-bond donors (Lipinski definition) is 1. The highest BCUT2D eigenvalue weighted by Crippen LogP contribution is 2.30. The second-order valence-corrected chi connectivity index (χ2v) is 6.62. The van der Waals surface area contributed by atoms with E-state index in [2.05, 4.69) is 31.1 Å². The largest absolute Gasteiger partial charge is 0.381 e. The minimum atomic E-state index is 0.315. The highest BCUT2D eigenvalue weighted by Gasteiger charge is 2.37. The van der Waals surface area contributed by atoms with Gasteiger partial charge >= 0.3 is 0 Å². The average molecular weight is 270 g/mol. The zero-order valence-corrected chi connectivity index (χ0v) is 12.8. The third-order valence-electron chi connectivity index (χ3n) is 4.06. The second-order valence-electron chi connectivity index (χ2n) is 6.62. The fraction of sp³-hybridized carbons (Fsp3) is 1.00.